The van der Waals surface area contributed by atoms with Gasteiger partial charge in [-0.25, -0.2) is 0 Å². The van der Waals surface area contributed by atoms with Crippen LogP contribution in [-0.4, -0.2) is 30.5 Å². The van der Waals surface area contributed by atoms with Crippen molar-refractivity contribution in [2.24, 2.45) is 0 Å². The van der Waals surface area contributed by atoms with Crippen LogP contribution in [0.25, 0.3) is 0 Å². The minimum Gasteiger partial charge on any atom is -0.412 e. The van der Waals surface area contributed by atoms with Crippen molar-refractivity contribution in [1.29, 1.82) is 0 Å². The standard InChI is InChI=1S/C9H19N.ClH.H2O/c1-4-6-7-9-10(3)8-5-2;;/h5H,2,4,6-9H2,1,3H3;1H;1H2. The third-order valence-electron chi connectivity index (χ3n) is 1.58. The summed E-state index contributed by atoms with van der Waals surface area (Å²) in [6.45, 7) is 8.14. The number of unbranched alkanes of at least 4 members (excludes halogenated alkanes) is 2. The lowest BCUT2D eigenvalue weighted by atomic mass is 10.2. The summed E-state index contributed by atoms with van der Waals surface area (Å²) in [5.41, 5.74) is 0. The number of halogens is 1. The smallest absolute Gasteiger partial charge is 0.0157 e. The molecule has 0 aliphatic heterocycles. The van der Waals surface area contributed by atoms with Crippen LogP contribution in [0.15, 0.2) is 12.7 Å². The lowest BCUT2D eigenvalue weighted by Gasteiger charge is -2.12. The third kappa shape index (κ3) is 12.6. The molecule has 2 N–H and O–H groups in total. The Morgan fingerprint density at radius 3 is 2.33 bits per heavy atom. The minimum atomic E-state index is 0. The monoisotopic (exact) mass is 195 g/mol. The van der Waals surface area contributed by atoms with Gasteiger partial charge in [0.2, 0.25) is 0 Å². The highest BCUT2D eigenvalue weighted by atomic mass is 35.5. The second-order valence-corrected chi connectivity index (χ2v) is 2.76. The summed E-state index contributed by atoms with van der Waals surface area (Å²) < 4.78 is 0. The van der Waals surface area contributed by atoms with E-state index in [0.29, 0.717) is 0 Å². The van der Waals surface area contributed by atoms with Crippen molar-refractivity contribution in [1.82, 2.24) is 4.90 Å². The van der Waals surface area contributed by atoms with Crippen LogP contribution in [-0.2, 0) is 0 Å². The van der Waals surface area contributed by atoms with Gasteiger partial charge in [0.25, 0.3) is 0 Å². The van der Waals surface area contributed by atoms with E-state index in [1.54, 1.807) is 0 Å². The molecule has 0 bridgehead atoms. The Kier molecular flexibility index (Phi) is 20.2. The molecule has 0 aromatic carbocycles. The van der Waals surface area contributed by atoms with Gasteiger partial charge in [0.15, 0.2) is 0 Å². The molecule has 0 unspecified atom stereocenters. The zero-order chi connectivity index (χ0) is 7.82. The van der Waals surface area contributed by atoms with Crippen LogP contribution >= 0.6 is 12.4 Å². The normalized spacial score (nSPS) is 8.58. The molecule has 3 heteroatoms. The maximum atomic E-state index is 3.69. The molecule has 0 spiro atoms. The second-order valence-electron chi connectivity index (χ2n) is 2.76. The molecule has 0 rings (SSSR count). The number of likely N-dealkylation sites (N-methyl/N-ethyl adjacent to an activating group) is 1. The van der Waals surface area contributed by atoms with E-state index in [0.717, 1.165) is 6.54 Å². The van der Waals surface area contributed by atoms with Crippen LogP contribution in [0.3, 0.4) is 0 Å². The Labute approximate surface area is 82.4 Å². The molecule has 0 aromatic heterocycles. The number of rotatable bonds is 6. The highest BCUT2D eigenvalue weighted by Crippen LogP contribution is 1.95. The van der Waals surface area contributed by atoms with Crippen LogP contribution in [0.1, 0.15) is 26.2 Å². The second kappa shape index (κ2) is 13.5. The molecule has 0 atom stereocenters. The van der Waals surface area contributed by atoms with Crippen LogP contribution in [0.5, 0.6) is 0 Å². The van der Waals surface area contributed by atoms with Crippen molar-refractivity contribution in [2.75, 3.05) is 20.1 Å². The molecule has 2 nitrogen and oxygen atoms in total. The first kappa shape index (κ1) is 17.9. The summed E-state index contributed by atoms with van der Waals surface area (Å²) in [6, 6.07) is 0. The maximum Gasteiger partial charge on any atom is 0.0157 e. The van der Waals surface area contributed by atoms with Crippen LogP contribution < -0.4 is 0 Å². The fraction of sp³-hybridized carbons (Fsp3) is 0.778. The van der Waals surface area contributed by atoms with Gasteiger partial charge in [-0.2, -0.15) is 0 Å². The largest absolute Gasteiger partial charge is 0.412 e. The Hall–Kier alpha value is -0.0500. The molecule has 0 radical (unpaired) electrons. The first-order chi connectivity index (χ1) is 4.81. The van der Waals surface area contributed by atoms with Crippen molar-refractivity contribution < 1.29 is 5.48 Å². The summed E-state index contributed by atoms with van der Waals surface area (Å²) in [7, 11) is 2.14. The molecule has 0 saturated heterocycles. The van der Waals surface area contributed by atoms with E-state index in [9.17, 15) is 0 Å². The van der Waals surface area contributed by atoms with Crippen LogP contribution in [0.4, 0.5) is 0 Å². The highest BCUT2D eigenvalue weighted by Gasteiger charge is 1.92. The Morgan fingerprint density at radius 1 is 1.33 bits per heavy atom. The zero-order valence-corrected chi connectivity index (χ0v) is 8.99. The van der Waals surface area contributed by atoms with Crippen LogP contribution in [0.2, 0.25) is 0 Å². The van der Waals surface area contributed by atoms with Gasteiger partial charge in [-0.3, -0.25) is 0 Å². The summed E-state index contributed by atoms with van der Waals surface area (Å²) in [5, 5.41) is 0. The van der Waals surface area contributed by atoms with E-state index >= 15 is 0 Å². The molecule has 0 saturated carbocycles. The fourth-order valence-electron chi connectivity index (χ4n) is 0.943. The number of hydrogen-bond donors (Lipinski definition) is 0. The lowest BCUT2D eigenvalue weighted by molar-refractivity contribution is 0.359. The molecule has 0 heterocycles. The van der Waals surface area contributed by atoms with Gasteiger partial charge in [-0.15, -0.1) is 19.0 Å². The average molecular weight is 196 g/mol. The maximum absolute atomic E-state index is 3.69. The van der Waals surface area contributed by atoms with E-state index in [4.69, 9.17) is 0 Å². The van der Waals surface area contributed by atoms with E-state index in [-0.39, 0.29) is 17.9 Å². The molecule has 0 aliphatic rings. The molecule has 0 amide bonds. The van der Waals surface area contributed by atoms with Crippen molar-refractivity contribution in [2.45, 2.75) is 26.2 Å². The Bertz CT molecular complexity index is 88.6. The molecule has 76 valence electrons. The SMILES string of the molecule is C=CCN(C)CCCCC.Cl.O. The lowest BCUT2D eigenvalue weighted by Crippen LogP contribution is -2.19. The van der Waals surface area contributed by atoms with Gasteiger partial charge < -0.3 is 10.4 Å². The van der Waals surface area contributed by atoms with E-state index < -0.39 is 0 Å². The summed E-state index contributed by atoms with van der Waals surface area (Å²) in [5.74, 6) is 0. The fourth-order valence-corrected chi connectivity index (χ4v) is 0.943. The molecular formula is C9H22ClNO. The van der Waals surface area contributed by atoms with Gasteiger partial charge >= 0.3 is 0 Å². The molecule has 0 fully saturated rings. The zero-order valence-electron chi connectivity index (χ0n) is 8.18. The molecule has 12 heavy (non-hydrogen) atoms. The van der Waals surface area contributed by atoms with E-state index in [2.05, 4.69) is 25.5 Å². The average Bonchev–Trinajstić information content (AvgIpc) is 1.89. The number of hydrogen-bond acceptors (Lipinski definition) is 1. The third-order valence-corrected chi connectivity index (χ3v) is 1.58. The topological polar surface area (TPSA) is 34.7 Å². The van der Waals surface area contributed by atoms with Gasteiger partial charge in [0.1, 0.15) is 0 Å². The molecular weight excluding hydrogens is 174 g/mol. The summed E-state index contributed by atoms with van der Waals surface area (Å²) in [4.78, 5) is 2.29. The van der Waals surface area contributed by atoms with Gasteiger partial charge in [0, 0.05) is 6.54 Å². The van der Waals surface area contributed by atoms with Gasteiger partial charge in [-0.1, -0.05) is 25.8 Å². The highest BCUT2D eigenvalue weighted by molar-refractivity contribution is 5.85. The predicted molar refractivity (Wildman–Crippen MR) is 58.1 cm³/mol. The van der Waals surface area contributed by atoms with E-state index in [1.807, 2.05) is 6.08 Å². The van der Waals surface area contributed by atoms with Crippen molar-refractivity contribution in [3.8, 4) is 0 Å². The first-order valence-corrected chi connectivity index (χ1v) is 4.10. The van der Waals surface area contributed by atoms with Gasteiger partial charge in [-0.05, 0) is 20.0 Å². The Morgan fingerprint density at radius 2 is 1.92 bits per heavy atom. The minimum absolute atomic E-state index is 0. The first-order valence-electron chi connectivity index (χ1n) is 4.10. The molecule has 0 aliphatic carbocycles. The Balaban J connectivity index is -0.000000405. The van der Waals surface area contributed by atoms with Crippen molar-refractivity contribution in [3.05, 3.63) is 12.7 Å². The predicted octanol–water partition coefficient (Wildman–Crippen LogP) is 1.89. The summed E-state index contributed by atoms with van der Waals surface area (Å²) >= 11 is 0. The number of nitrogens with zero attached hydrogens (tertiary/aromatic N) is 1. The molecule has 0 aromatic rings. The van der Waals surface area contributed by atoms with Crippen LogP contribution in [0, 0.1) is 0 Å². The van der Waals surface area contributed by atoms with Crippen molar-refractivity contribution in [3.63, 3.8) is 0 Å². The quantitative estimate of drug-likeness (QED) is 0.471. The van der Waals surface area contributed by atoms with Gasteiger partial charge in [0.05, 0.1) is 0 Å². The van der Waals surface area contributed by atoms with Crippen molar-refractivity contribution >= 4 is 12.4 Å². The summed E-state index contributed by atoms with van der Waals surface area (Å²) in [6.07, 6.45) is 5.93. The van der Waals surface area contributed by atoms with E-state index in [1.165, 1.54) is 25.8 Å².